The number of anilines is 2. The van der Waals surface area contributed by atoms with E-state index in [2.05, 4.69) is 31.4 Å². The molecule has 2 aromatic heterocycles. The quantitative estimate of drug-likeness (QED) is 0.358. The standard InChI is InChI=1S/C27H26N8O3/c1-18(15-35-17-29-16-32-35)38-24-10-19(4-5-21(24)12-28)22-13-30-27(31-14-22)33-23-7-6-20(11-25(23)37-2)26(36)34-8-3-9-34/h4-7,10-11,13-14,16-18H,3,8-9,15H2,1-2H3,(H,30,31,33). The van der Waals surface area contributed by atoms with E-state index in [0.29, 0.717) is 40.8 Å². The first-order valence-corrected chi connectivity index (χ1v) is 12.1. The molecule has 1 amide bonds. The molecule has 38 heavy (non-hydrogen) atoms. The maximum atomic E-state index is 12.5. The van der Waals surface area contributed by atoms with Crippen LogP contribution in [0.1, 0.15) is 29.3 Å². The lowest BCUT2D eigenvalue weighted by molar-refractivity contribution is 0.0651. The third kappa shape index (κ3) is 5.39. The number of carbonyl (C=O) groups excluding carboxylic acids is 1. The van der Waals surface area contributed by atoms with E-state index in [-0.39, 0.29) is 12.0 Å². The number of aromatic nitrogens is 5. The summed E-state index contributed by atoms with van der Waals surface area (Å²) in [6.45, 7) is 3.97. The third-order valence-corrected chi connectivity index (χ3v) is 6.16. The molecule has 0 aliphatic carbocycles. The summed E-state index contributed by atoms with van der Waals surface area (Å²) in [7, 11) is 1.56. The fraction of sp³-hybridized carbons (Fsp3) is 0.259. The second-order valence-corrected chi connectivity index (χ2v) is 8.85. The zero-order valence-corrected chi connectivity index (χ0v) is 21.0. The first-order valence-electron chi connectivity index (χ1n) is 12.1. The van der Waals surface area contributed by atoms with Crippen molar-refractivity contribution in [2.75, 3.05) is 25.5 Å². The fourth-order valence-electron chi connectivity index (χ4n) is 4.03. The molecule has 11 heteroatoms. The van der Waals surface area contributed by atoms with Crippen LogP contribution in [0.4, 0.5) is 11.6 Å². The van der Waals surface area contributed by atoms with E-state index in [4.69, 9.17) is 9.47 Å². The molecule has 1 aliphatic heterocycles. The zero-order chi connectivity index (χ0) is 26.5. The molecule has 1 fully saturated rings. The van der Waals surface area contributed by atoms with Crippen molar-refractivity contribution >= 4 is 17.5 Å². The van der Waals surface area contributed by atoms with Crippen LogP contribution in [-0.4, -0.2) is 61.8 Å². The van der Waals surface area contributed by atoms with Crippen molar-refractivity contribution in [2.24, 2.45) is 0 Å². The van der Waals surface area contributed by atoms with Gasteiger partial charge in [-0.05, 0) is 49.2 Å². The molecule has 1 unspecified atom stereocenters. The van der Waals surface area contributed by atoms with Gasteiger partial charge >= 0.3 is 0 Å². The van der Waals surface area contributed by atoms with Gasteiger partial charge in [-0.1, -0.05) is 6.07 Å². The van der Waals surface area contributed by atoms with Gasteiger partial charge in [0, 0.05) is 36.6 Å². The van der Waals surface area contributed by atoms with E-state index >= 15 is 0 Å². The van der Waals surface area contributed by atoms with Crippen molar-refractivity contribution in [3.63, 3.8) is 0 Å². The number of nitriles is 1. The topological polar surface area (TPSA) is 131 Å². The summed E-state index contributed by atoms with van der Waals surface area (Å²) in [6, 6.07) is 12.8. The Balaban J connectivity index is 1.30. The second-order valence-electron chi connectivity index (χ2n) is 8.85. The lowest BCUT2D eigenvalue weighted by atomic mass is 10.1. The molecule has 5 rings (SSSR count). The van der Waals surface area contributed by atoms with Crippen LogP contribution in [0.15, 0.2) is 61.4 Å². The molecule has 1 atom stereocenters. The lowest BCUT2D eigenvalue weighted by Gasteiger charge is -2.31. The highest BCUT2D eigenvalue weighted by atomic mass is 16.5. The molecule has 1 aliphatic rings. The van der Waals surface area contributed by atoms with Crippen molar-refractivity contribution in [3.05, 3.63) is 72.6 Å². The molecular weight excluding hydrogens is 484 g/mol. The Kier molecular flexibility index (Phi) is 7.13. The number of benzene rings is 2. The van der Waals surface area contributed by atoms with E-state index in [1.54, 1.807) is 65.7 Å². The Labute approximate surface area is 219 Å². The van der Waals surface area contributed by atoms with Gasteiger partial charge in [-0.25, -0.2) is 19.6 Å². The highest BCUT2D eigenvalue weighted by Gasteiger charge is 2.22. The Hall–Kier alpha value is -4.98. The molecular formula is C27H26N8O3. The van der Waals surface area contributed by atoms with Gasteiger partial charge in [0.2, 0.25) is 5.95 Å². The van der Waals surface area contributed by atoms with Gasteiger partial charge in [0.1, 0.15) is 36.3 Å². The molecule has 1 N–H and O–H groups in total. The number of hydrogen-bond acceptors (Lipinski definition) is 9. The van der Waals surface area contributed by atoms with Crippen molar-refractivity contribution in [1.82, 2.24) is 29.6 Å². The average molecular weight is 511 g/mol. The number of carbonyl (C=O) groups is 1. The van der Waals surface area contributed by atoms with Crippen LogP contribution in [0, 0.1) is 11.3 Å². The van der Waals surface area contributed by atoms with Gasteiger partial charge < -0.3 is 19.7 Å². The summed E-state index contributed by atoms with van der Waals surface area (Å²) in [6.07, 6.45) is 7.26. The van der Waals surface area contributed by atoms with Crippen LogP contribution >= 0.6 is 0 Å². The molecule has 2 aromatic carbocycles. The minimum atomic E-state index is -0.232. The van der Waals surface area contributed by atoms with Gasteiger partial charge in [-0.15, -0.1) is 0 Å². The molecule has 0 saturated carbocycles. The fourth-order valence-corrected chi connectivity index (χ4v) is 4.03. The summed E-state index contributed by atoms with van der Waals surface area (Å²) < 4.78 is 13.2. The van der Waals surface area contributed by atoms with Gasteiger partial charge in [-0.3, -0.25) is 4.79 Å². The molecule has 0 bridgehead atoms. The van der Waals surface area contributed by atoms with Gasteiger partial charge in [-0.2, -0.15) is 10.4 Å². The van der Waals surface area contributed by atoms with Crippen LogP contribution < -0.4 is 14.8 Å². The van der Waals surface area contributed by atoms with E-state index in [0.717, 1.165) is 30.6 Å². The number of methoxy groups -OCH3 is 1. The molecule has 192 valence electrons. The SMILES string of the molecule is COc1cc(C(=O)N2CCC2)ccc1Nc1ncc(-c2ccc(C#N)c(OC(C)Cn3cncn3)c2)cn1. The molecule has 4 aromatic rings. The molecule has 1 saturated heterocycles. The van der Waals surface area contributed by atoms with Crippen LogP contribution in [0.5, 0.6) is 11.5 Å². The number of ether oxygens (including phenoxy) is 2. The maximum absolute atomic E-state index is 12.5. The number of rotatable bonds is 9. The number of hydrogen-bond donors (Lipinski definition) is 1. The summed E-state index contributed by atoms with van der Waals surface area (Å²) >= 11 is 0. The van der Waals surface area contributed by atoms with Crippen LogP contribution in [0.25, 0.3) is 11.1 Å². The number of nitrogens with one attached hydrogen (secondary N) is 1. The monoisotopic (exact) mass is 510 g/mol. The van der Waals surface area contributed by atoms with Gasteiger partial charge in [0.05, 0.1) is 24.9 Å². The molecule has 0 radical (unpaired) electrons. The van der Waals surface area contributed by atoms with E-state index < -0.39 is 0 Å². The van der Waals surface area contributed by atoms with Gasteiger partial charge in [0.25, 0.3) is 5.91 Å². The van der Waals surface area contributed by atoms with Crippen molar-refractivity contribution in [1.29, 1.82) is 5.26 Å². The second kappa shape index (κ2) is 11.0. The minimum absolute atomic E-state index is 0.000238. The third-order valence-electron chi connectivity index (χ3n) is 6.16. The summed E-state index contributed by atoms with van der Waals surface area (Å²) in [5.41, 5.74) is 3.23. The molecule has 0 spiro atoms. The summed E-state index contributed by atoms with van der Waals surface area (Å²) in [5, 5.41) is 16.8. The molecule has 3 heterocycles. The minimum Gasteiger partial charge on any atom is -0.495 e. The van der Waals surface area contributed by atoms with Crippen LogP contribution in [0.3, 0.4) is 0 Å². The van der Waals surface area contributed by atoms with Crippen molar-refractivity contribution in [2.45, 2.75) is 26.0 Å². The Morgan fingerprint density at radius 3 is 2.61 bits per heavy atom. The summed E-state index contributed by atoms with van der Waals surface area (Å²) in [4.78, 5) is 27.1. The Morgan fingerprint density at radius 1 is 1.13 bits per heavy atom. The largest absolute Gasteiger partial charge is 0.495 e. The zero-order valence-electron chi connectivity index (χ0n) is 21.0. The lowest BCUT2D eigenvalue weighted by Crippen LogP contribution is -2.42. The van der Waals surface area contributed by atoms with E-state index in [1.165, 1.54) is 6.33 Å². The maximum Gasteiger partial charge on any atom is 0.253 e. The number of likely N-dealkylation sites (tertiary alicyclic amines) is 1. The predicted octanol–water partition coefficient (Wildman–Crippen LogP) is 3.67. The first kappa shape index (κ1) is 24.7. The predicted molar refractivity (Wildman–Crippen MR) is 139 cm³/mol. The van der Waals surface area contributed by atoms with E-state index in [9.17, 15) is 10.1 Å². The highest BCUT2D eigenvalue weighted by Crippen LogP contribution is 2.30. The smallest absolute Gasteiger partial charge is 0.253 e. The van der Waals surface area contributed by atoms with Gasteiger partial charge in [0.15, 0.2) is 0 Å². The normalized spacial score (nSPS) is 13.2. The van der Waals surface area contributed by atoms with Crippen molar-refractivity contribution in [3.8, 4) is 28.7 Å². The van der Waals surface area contributed by atoms with Crippen LogP contribution in [0.2, 0.25) is 0 Å². The molecule has 11 nitrogen and oxygen atoms in total. The average Bonchev–Trinajstić information content (AvgIpc) is 3.41. The Morgan fingerprint density at radius 2 is 1.95 bits per heavy atom. The highest BCUT2D eigenvalue weighted by molar-refractivity contribution is 5.95. The Bertz CT molecular complexity index is 1460. The van der Waals surface area contributed by atoms with Crippen LogP contribution in [-0.2, 0) is 6.54 Å². The number of nitrogens with zero attached hydrogens (tertiary/aromatic N) is 7. The summed E-state index contributed by atoms with van der Waals surface area (Å²) in [5.74, 6) is 1.37. The van der Waals surface area contributed by atoms with E-state index in [1.807, 2.05) is 13.0 Å². The first-order chi connectivity index (χ1) is 18.5. The number of amides is 1. The van der Waals surface area contributed by atoms with Crippen molar-refractivity contribution < 1.29 is 14.3 Å².